The van der Waals surface area contributed by atoms with Crippen LogP contribution in [-0.4, -0.2) is 24.0 Å². The molecule has 0 radical (unpaired) electrons. The van der Waals surface area contributed by atoms with Crippen molar-refractivity contribution in [3.63, 3.8) is 0 Å². The van der Waals surface area contributed by atoms with Crippen LogP contribution in [-0.2, 0) is 9.59 Å². The molecule has 0 aromatic heterocycles. The van der Waals surface area contributed by atoms with E-state index in [1.165, 1.54) is 6.21 Å². The van der Waals surface area contributed by atoms with Crippen LogP contribution in [0, 0.1) is 13.8 Å². The van der Waals surface area contributed by atoms with Crippen LogP contribution in [0.15, 0.2) is 70.2 Å². The number of hydrogen-bond donors (Lipinski definition) is 2. The molecule has 0 fully saturated rings. The van der Waals surface area contributed by atoms with Crippen molar-refractivity contribution < 1.29 is 19.1 Å². The molecule has 3 rings (SSSR count). The number of anilines is 1. The van der Waals surface area contributed by atoms with Crippen LogP contribution >= 0.6 is 27.5 Å². The van der Waals surface area contributed by atoms with Crippen molar-refractivity contribution in [3.8, 4) is 5.75 Å². The average Bonchev–Trinajstić information content (AvgIpc) is 2.78. The molecule has 0 atom stereocenters. The Kier molecular flexibility index (Phi) is 7.97. The van der Waals surface area contributed by atoms with E-state index in [1.54, 1.807) is 61.5 Å². The second-order valence-corrected chi connectivity index (χ2v) is 8.33. The van der Waals surface area contributed by atoms with Gasteiger partial charge in [-0.15, -0.1) is 0 Å². The van der Waals surface area contributed by atoms with E-state index in [2.05, 4.69) is 31.8 Å². The van der Waals surface area contributed by atoms with Crippen molar-refractivity contribution in [2.75, 3.05) is 5.32 Å². The van der Waals surface area contributed by atoms with Gasteiger partial charge in [0.25, 0.3) is 0 Å². The Bertz CT molecular complexity index is 1260. The molecule has 0 bridgehead atoms. The van der Waals surface area contributed by atoms with Gasteiger partial charge in [0.05, 0.1) is 11.8 Å². The zero-order valence-corrected chi connectivity index (χ0v) is 20.0. The number of benzene rings is 3. The highest BCUT2D eigenvalue weighted by molar-refractivity contribution is 9.10. The molecule has 0 saturated heterocycles. The molecule has 0 saturated carbocycles. The Morgan fingerprint density at radius 1 is 1.00 bits per heavy atom. The van der Waals surface area contributed by atoms with Gasteiger partial charge in [0.15, 0.2) is 0 Å². The summed E-state index contributed by atoms with van der Waals surface area (Å²) >= 11 is 9.37. The molecule has 3 aromatic carbocycles. The van der Waals surface area contributed by atoms with Crippen molar-refractivity contribution in [2.24, 2.45) is 5.10 Å². The largest absolute Gasteiger partial charge is 0.422 e. The average molecular weight is 529 g/mol. The molecule has 2 N–H and O–H groups in total. The van der Waals surface area contributed by atoms with E-state index in [9.17, 15) is 14.4 Å². The monoisotopic (exact) mass is 527 g/mol. The quantitative estimate of drug-likeness (QED) is 0.160. The fraction of sp³-hybridized carbons (Fsp3) is 0.0833. The van der Waals surface area contributed by atoms with E-state index in [1.807, 2.05) is 13.0 Å². The summed E-state index contributed by atoms with van der Waals surface area (Å²) in [5.41, 5.74) is 4.96. The summed E-state index contributed by atoms with van der Waals surface area (Å²) in [6.07, 6.45) is 1.28. The van der Waals surface area contributed by atoms with E-state index < -0.39 is 17.8 Å². The standard InChI is InChI=1S/C24H19BrClN3O4/c1-14-5-3-6-16(11-14)24(32)33-21-10-9-18(25)12-17(21)13-27-29-23(31)22(30)28-20-8-4-7-19(26)15(20)2/h3-13H,1-2H3,(H,28,30)(H,29,31)/b27-13+. The van der Waals surface area contributed by atoms with Crippen molar-refractivity contribution in [2.45, 2.75) is 13.8 Å². The summed E-state index contributed by atoms with van der Waals surface area (Å²) in [5.74, 6) is -2.17. The smallest absolute Gasteiger partial charge is 0.343 e. The molecule has 3 aromatic rings. The molecule has 7 nitrogen and oxygen atoms in total. The predicted octanol–water partition coefficient (Wildman–Crippen LogP) is 5.03. The van der Waals surface area contributed by atoms with Crippen molar-refractivity contribution in [1.82, 2.24) is 5.43 Å². The number of carbonyl (C=O) groups is 3. The number of hydrazone groups is 1. The molecule has 0 spiro atoms. The van der Waals surface area contributed by atoms with Crippen LogP contribution in [0.5, 0.6) is 5.75 Å². The van der Waals surface area contributed by atoms with Crippen molar-refractivity contribution >= 4 is 57.2 Å². The maximum absolute atomic E-state index is 12.5. The summed E-state index contributed by atoms with van der Waals surface area (Å²) in [4.78, 5) is 36.8. The number of esters is 1. The van der Waals surface area contributed by atoms with Gasteiger partial charge in [-0.1, -0.05) is 51.3 Å². The second-order valence-electron chi connectivity index (χ2n) is 7.01. The lowest BCUT2D eigenvalue weighted by Gasteiger charge is -2.09. The van der Waals surface area contributed by atoms with Gasteiger partial charge in [0.2, 0.25) is 0 Å². The first-order valence-corrected chi connectivity index (χ1v) is 10.9. The number of hydrogen-bond acceptors (Lipinski definition) is 5. The number of halogens is 2. The van der Waals surface area contributed by atoms with Gasteiger partial charge in [-0.05, 0) is 61.9 Å². The van der Waals surface area contributed by atoms with Crippen molar-refractivity contribution in [3.05, 3.63) is 92.4 Å². The lowest BCUT2D eigenvalue weighted by molar-refractivity contribution is -0.136. The third kappa shape index (κ3) is 6.50. The number of aryl methyl sites for hydroxylation is 1. The third-order valence-corrected chi connectivity index (χ3v) is 5.42. The molecule has 2 amide bonds. The first-order valence-electron chi connectivity index (χ1n) is 9.72. The Hall–Kier alpha value is -3.49. The molecule has 33 heavy (non-hydrogen) atoms. The molecule has 168 valence electrons. The Morgan fingerprint density at radius 3 is 2.52 bits per heavy atom. The van der Waals surface area contributed by atoms with Gasteiger partial charge in [-0.3, -0.25) is 9.59 Å². The Morgan fingerprint density at radius 2 is 1.76 bits per heavy atom. The van der Waals surface area contributed by atoms with E-state index >= 15 is 0 Å². The highest BCUT2D eigenvalue weighted by atomic mass is 79.9. The predicted molar refractivity (Wildman–Crippen MR) is 131 cm³/mol. The number of carbonyl (C=O) groups excluding carboxylic acids is 3. The molecular formula is C24H19BrClN3O4. The van der Waals surface area contributed by atoms with E-state index in [-0.39, 0.29) is 5.75 Å². The first-order chi connectivity index (χ1) is 15.7. The van der Waals surface area contributed by atoms with Crippen LogP contribution in [0.4, 0.5) is 5.69 Å². The molecule has 0 heterocycles. The minimum atomic E-state index is -0.973. The number of nitrogens with zero attached hydrogens (tertiary/aromatic N) is 1. The van der Waals surface area contributed by atoms with Gasteiger partial charge in [0, 0.05) is 20.7 Å². The summed E-state index contributed by atoms with van der Waals surface area (Å²) in [6.45, 7) is 3.60. The minimum Gasteiger partial charge on any atom is -0.422 e. The fourth-order valence-electron chi connectivity index (χ4n) is 2.78. The van der Waals surface area contributed by atoms with Crippen LogP contribution in [0.3, 0.4) is 0 Å². The molecule has 0 aliphatic heterocycles. The number of nitrogens with one attached hydrogen (secondary N) is 2. The number of rotatable bonds is 5. The minimum absolute atomic E-state index is 0.238. The highest BCUT2D eigenvalue weighted by Gasteiger charge is 2.15. The summed E-state index contributed by atoms with van der Waals surface area (Å²) < 4.78 is 6.20. The van der Waals surface area contributed by atoms with Gasteiger partial charge in [-0.2, -0.15) is 5.10 Å². The van der Waals surface area contributed by atoms with Crippen LogP contribution in [0.1, 0.15) is 27.0 Å². The number of amides is 2. The van der Waals surface area contributed by atoms with Crippen LogP contribution in [0.2, 0.25) is 5.02 Å². The van der Waals surface area contributed by atoms with E-state index in [0.717, 1.165) is 5.56 Å². The fourth-order valence-corrected chi connectivity index (χ4v) is 3.33. The topological polar surface area (TPSA) is 96.9 Å². The Labute approximate surface area is 203 Å². The maximum atomic E-state index is 12.5. The van der Waals surface area contributed by atoms with E-state index in [0.29, 0.717) is 31.9 Å². The molecule has 9 heteroatoms. The first kappa shape index (κ1) is 24.2. The second kappa shape index (κ2) is 10.9. The normalized spacial score (nSPS) is 10.7. The summed E-state index contributed by atoms with van der Waals surface area (Å²) in [5, 5.41) is 6.77. The molecule has 0 aliphatic rings. The number of ether oxygens (including phenoxy) is 1. The van der Waals surface area contributed by atoms with Crippen molar-refractivity contribution in [1.29, 1.82) is 0 Å². The van der Waals surface area contributed by atoms with Gasteiger partial charge in [0.1, 0.15) is 5.75 Å². The molecule has 0 unspecified atom stereocenters. The van der Waals surface area contributed by atoms with Gasteiger partial charge in [-0.25, -0.2) is 10.2 Å². The summed E-state index contributed by atoms with van der Waals surface area (Å²) in [6, 6.07) is 16.9. The maximum Gasteiger partial charge on any atom is 0.343 e. The van der Waals surface area contributed by atoms with E-state index in [4.69, 9.17) is 16.3 Å². The Balaban J connectivity index is 1.68. The summed E-state index contributed by atoms with van der Waals surface area (Å²) in [7, 11) is 0. The molecule has 0 aliphatic carbocycles. The highest BCUT2D eigenvalue weighted by Crippen LogP contribution is 2.24. The van der Waals surface area contributed by atoms with Gasteiger partial charge >= 0.3 is 17.8 Å². The SMILES string of the molecule is Cc1cccc(C(=O)Oc2ccc(Br)cc2/C=N/NC(=O)C(=O)Nc2cccc(Cl)c2C)c1. The lowest BCUT2D eigenvalue weighted by atomic mass is 10.1. The third-order valence-electron chi connectivity index (χ3n) is 4.52. The molecular weight excluding hydrogens is 510 g/mol. The lowest BCUT2D eigenvalue weighted by Crippen LogP contribution is -2.32. The van der Waals surface area contributed by atoms with Crippen LogP contribution < -0.4 is 15.5 Å². The zero-order chi connectivity index (χ0) is 24.0. The zero-order valence-electron chi connectivity index (χ0n) is 17.7. The van der Waals surface area contributed by atoms with Gasteiger partial charge < -0.3 is 10.1 Å². The van der Waals surface area contributed by atoms with Crippen LogP contribution in [0.25, 0.3) is 0 Å².